The highest BCUT2D eigenvalue weighted by Gasteiger charge is 2.50. The number of nitrogens with zero attached hydrogens (tertiary/aromatic N) is 2. The molecule has 0 amide bonds. The van der Waals surface area contributed by atoms with Crippen LogP contribution in [0.15, 0.2) is 46.8 Å². The minimum Gasteiger partial charge on any atom is -1.00 e. The molecule has 2 saturated heterocycles. The zero-order chi connectivity index (χ0) is 48.9. The number of halogens is 2. The maximum absolute atomic E-state index is 14.3. The van der Waals surface area contributed by atoms with Crippen LogP contribution in [-0.4, -0.2) is 69.3 Å². The van der Waals surface area contributed by atoms with Gasteiger partial charge in [-0.15, -0.1) is 0 Å². The number of ether oxygens (including phenoxy) is 2. The van der Waals surface area contributed by atoms with E-state index in [9.17, 15) is 9.59 Å². The number of carbonyl (C=O) groups is 2. The van der Waals surface area contributed by atoms with E-state index in [1.54, 1.807) is 0 Å². The first-order chi connectivity index (χ1) is 34.4. The third kappa shape index (κ3) is 16.9. The number of guanidine groups is 2. The van der Waals surface area contributed by atoms with Crippen LogP contribution in [0.4, 0.5) is 0 Å². The smallest absolute Gasteiger partial charge is 0.351 e. The summed E-state index contributed by atoms with van der Waals surface area (Å²) < 4.78 is 17.4. The summed E-state index contributed by atoms with van der Waals surface area (Å²) in [6.07, 6.45) is 41.1. The van der Waals surface area contributed by atoms with Gasteiger partial charge in [0.25, 0.3) is 0 Å². The molecule has 10 nitrogen and oxygen atoms in total. The quantitative estimate of drug-likeness (QED) is 0.0332. The molecule has 1 aromatic rings. The van der Waals surface area contributed by atoms with Crippen molar-refractivity contribution in [3.63, 3.8) is 0 Å². The molecular formula is C60H98Cl2N6O4. The largest absolute Gasteiger partial charge is 1.00 e. The third-order valence-electron chi connectivity index (χ3n) is 16.7. The number of nitrogens with one attached hydrogen (secondary N) is 4. The number of unbranched alkanes of at least 4 members (excludes halogenated alkanes) is 20. The van der Waals surface area contributed by atoms with Crippen molar-refractivity contribution in [1.29, 1.82) is 0 Å². The van der Waals surface area contributed by atoms with Crippen molar-refractivity contribution in [3.8, 4) is 0 Å². The second-order valence-corrected chi connectivity index (χ2v) is 22.3. The maximum atomic E-state index is 14.3. The van der Waals surface area contributed by atoms with E-state index in [1.165, 1.54) is 154 Å². The van der Waals surface area contributed by atoms with Gasteiger partial charge in [0.2, 0.25) is 0 Å². The lowest BCUT2D eigenvalue weighted by atomic mass is 9.97. The van der Waals surface area contributed by atoms with Crippen LogP contribution >= 0.6 is 0 Å². The van der Waals surface area contributed by atoms with Crippen LogP contribution < -0.4 is 46.1 Å². The molecule has 2 fully saturated rings. The summed E-state index contributed by atoms with van der Waals surface area (Å²) in [5.74, 6) is 1.87. The molecule has 0 saturated carbocycles. The Morgan fingerprint density at radius 2 is 0.806 bits per heavy atom. The number of rotatable bonds is 34. The topological polar surface area (TPSA) is 107 Å². The highest BCUT2D eigenvalue weighted by molar-refractivity contribution is 5.94. The minimum atomic E-state index is -0.191. The molecule has 72 heavy (non-hydrogen) atoms. The summed E-state index contributed by atoms with van der Waals surface area (Å²) in [5.41, 5.74) is 5.69. The minimum absolute atomic E-state index is 0. The highest BCUT2D eigenvalue weighted by atomic mass is 35.5. The SMILES string of the molecule is CCCCCCCCCC1=C(C(=O)OCc2ccc(COC(=O)C3=C(CCCCCCCCC)NC4=[N+]5[C@H](CC[C@@H]35)C[C@H](CCCCCCC)N4)cc2)[C@@H]2CC[C@@H]3C[C@H](CCCCCCC)NC(=[N+]32)N1.[Cl-].[Cl-]. The van der Waals surface area contributed by atoms with Gasteiger partial charge in [0.1, 0.15) is 36.4 Å². The first-order valence-corrected chi connectivity index (χ1v) is 29.7. The zero-order valence-electron chi connectivity index (χ0n) is 45.5. The summed E-state index contributed by atoms with van der Waals surface area (Å²) in [6.45, 7) is 9.54. The summed E-state index contributed by atoms with van der Waals surface area (Å²) in [6, 6.07) is 10.1. The van der Waals surface area contributed by atoms with E-state index in [0.29, 0.717) is 24.2 Å². The first kappa shape index (κ1) is 59.6. The normalized spacial score (nSPS) is 22.8. The van der Waals surface area contributed by atoms with Gasteiger partial charge in [-0.1, -0.05) is 193 Å². The number of benzene rings is 1. The van der Waals surface area contributed by atoms with E-state index in [0.717, 1.165) is 110 Å². The lowest BCUT2D eigenvalue weighted by Gasteiger charge is -2.34. The molecule has 4 N–H and O–H groups in total. The second kappa shape index (κ2) is 32.3. The summed E-state index contributed by atoms with van der Waals surface area (Å²) in [5, 5.41) is 15.4. The van der Waals surface area contributed by atoms with Crippen molar-refractivity contribution in [3.05, 3.63) is 57.9 Å². The van der Waals surface area contributed by atoms with Gasteiger partial charge in [-0.05, 0) is 62.5 Å². The summed E-state index contributed by atoms with van der Waals surface area (Å²) >= 11 is 0. The fraction of sp³-hybridized carbons (Fsp3) is 0.767. The summed E-state index contributed by atoms with van der Waals surface area (Å²) in [4.78, 5) is 28.6. The molecule has 0 unspecified atom stereocenters. The van der Waals surface area contributed by atoms with Crippen molar-refractivity contribution in [2.24, 2.45) is 0 Å². The van der Waals surface area contributed by atoms with Crippen LogP contribution in [0.2, 0.25) is 0 Å². The molecule has 0 aromatic heterocycles. The zero-order valence-corrected chi connectivity index (χ0v) is 47.0. The Bertz CT molecular complexity index is 1810. The fourth-order valence-electron chi connectivity index (χ4n) is 12.8. The number of allylic oxidation sites excluding steroid dienone is 2. The molecule has 6 atom stereocenters. The molecule has 6 aliphatic rings. The molecule has 12 heteroatoms. The molecule has 7 rings (SSSR count). The number of hydrogen-bond acceptors (Lipinski definition) is 8. The lowest BCUT2D eigenvalue weighted by Crippen LogP contribution is -3.00. The van der Waals surface area contributed by atoms with Crippen LogP contribution in [0.25, 0.3) is 0 Å². The van der Waals surface area contributed by atoms with E-state index >= 15 is 0 Å². The Balaban J connectivity index is 0.00000481. The third-order valence-corrected chi connectivity index (χ3v) is 16.7. The van der Waals surface area contributed by atoms with Gasteiger partial charge < -0.3 is 34.3 Å². The molecule has 0 aliphatic carbocycles. The van der Waals surface area contributed by atoms with Gasteiger partial charge in [0, 0.05) is 25.7 Å². The first-order valence-electron chi connectivity index (χ1n) is 29.7. The van der Waals surface area contributed by atoms with E-state index in [4.69, 9.17) is 9.47 Å². The van der Waals surface area contributed by atoms with Crippen molar-refractivity contribution < 1.29 is 53.0 Å². The van der Waals surface area contributed by atoms with E-state index in [-0.39, 0.29) is 62.1 Å². The van der Waals surface area contributed by atoms with E-state index in [1.807, 2.05) is 24.3 Å². The van der Waals surface area contributed by atoms with Crippen LogP contribution in [0.3, 0.4) is 0 Å². The highest BCUT2D eigenvalue weighted by Crippen LogP contribution is 2.37. The van der Waals surface area contributed by atoms with Crippen molar-refractivity contribution in [2.45, 2.75) is 295 Å². The van der Waals surface area contributed by atoms with Gasteiger partial charge in [-0.3, -0.25) is 19.8 Å². The van der Waals surface area contributed by atoms with E-state index < -0.39 is 0 Å². The summed E-state index contributed by atoms with van der Waals surface area (Å²) in [7, 11) is 0. The molecule has 406 valence electrons. The number of esters is 2. The Labute approximate surface area is 449 Å². The number of hydrogen-bond donors (Lipinski definition) is 4. The van der Waals surface area contributed by atoms with Gasteiger partial charge in [-0.25, -0.2) is 20.2 Å². The monoisotopic (exact) mass is 1040 g/mol. The average Bonchev–Trinajstić information content (AvgIpc) is 4.00. The molecule has 6 aliphatic heterocycles. The average molecular weight is 1040 g/mol. The molecular weight excluding hydrogens is 940 g/mol. The van der Waals surface area contributed by atoms with Crippen molar-refractivity contribution in [1.82, 2.24) is 21.3 Å². The van der Waals surface area contributed by atoms with Crippen LogP contribution in [0.1, 0.15) is 257 Å². The predicted molar refractivity (Wildman–Crippen MR) is 286 cm³/mol. The Kier molecular flexibility index (Phi) is 26.7. The second-order valence-electron chi connectivity index (χ2n) is 22.3. The predicted octanol–water partition coefficient (Wildman–Crippen LogP) is 7.02. The number of carbonyl (C=O) groups excluding carboxylic acids is 2. The molecule has 1 aromatic carbocycles. The van der Waals surface area contributed by atoms with Crippen LogP contribution in [0.5, 0.6) is 0 Å². The van der Waals surface area contributed by atoms with Gasteiger partial charge in [0.05, 0.1) is 35.6 Å². The Morgan fingerprint density at radius 1 is 0.472 bits per heavy atom. The lowest BCUT2D eigenvalue weighted by molar-refractivity contribution is -0.581. The van der Waals surface area contributed by atoms with Crippen molar-refractivity contribution in [2.75, 3.05) is 0 Å². The van der Waals surface area contributed by atoms with Crippen LogP contribution in [-0.2, 0) is 32.3 Å². The fourth-order valence-corrected chi connectivity index (χ4v) is 12.8. The standard InChI is InChI=1S/C60H96N6O4.2ClH/c1-5-9-13-17-19-23-27-31-51-55(53-39-37-49-41-47(29-25-21-15-11-7-3)61-59(63-51)65(49)53)57(67)69-43-45-33-35-46(36-34-45)44-70-58(68)56-52(32-28-24-20-18-14-10-6-2)64-60-62-48(30-26-22-16-12-8-4)42-50-38-40-54(56)66(50)60;;/h33-36,47-50,53-54H,5-32,37-44H2,1-4H3,(H2,61,62,63,64,67,68);2*1H/t47-,48-,49+,50+,53-,54-;;/m0../s1. The van der Waals surface area contributed by atoms with Gasteiger partial charge >= 0.3 is 23.9 Å². The van der Waals surface area contributed by atoms with Crippen molar-refractivity contribution >= 4 is 23.9 Å². The van der Waals surface area contributed by atoms with Crippen LogP contribution in [0, 0.1) is 0 Å². The Hall–Kier alpha value is -3.24. The van der Waals surface area contributed by atoms with E-state index in [2.05, 4.69) is 58.1 Å². The molecule has 0 spiro atoms. The van der Waals surface area contributed by atoms with Gasteiger partial charge in [-0.2, -0.15) is 0 Å². The molecule has 6 heterocycles. The Morgan fingerprint density at radius 3 is 1.17 bits per heavy atom. The molecule has 0 radical (unpaired) electrons. The molecule has 0 bridgehead atoms. The maximum Gasteiger partial charge on any atom is 0.351 e. The van der Waals surface area contributed by atoms with Gasteiger partial charge in [0.15, 0.2) is 0 Å².